The number of hydrogen-bond acceptors (Lipinski definition) is 4. The Kier molecular flexibility index (Phi) is 5.72. The number of Topliss-reactive ketones (excluding diaryl/α,β-unsaturated/α-hetero) is 1. The van der Waals surface area contributed by atoms with Gasteiger partial charge in [0.1, 0.15) is 11.3 Å². The Morgan fingerprint density at radius 3 is 2.42 bits per heavy atom. The Morgan fingerprint density at radius 2 is 1.69 bits per heavy atom. The molecule has 0 N–H and O–H groups in total. The third-order valence-corrected chi connectivity index (χ3v) is 7.57. The summed E-state index contributed by atoms with van der Waals surface area (Å²) in [7, 11) is 0. The lowest BCUT2D eigenvalue weighted by Crippen LogP contribution is -2.37. The van der Waals surface area contributed by atoms with Crippen LogP contribution in [0.1, 0.15) is 58.5 Å². The summed E-state index contributed by atoms with van der Waals surface area (Å²) in [5.41, 5.74) is 2.75. The molecule has 7 nitrogen and oxygen atoms in total. The summed E-state index contributed by atoms with van der Waals surface area (Å²) >= 11 is 6.05. The molecule has 0 saturated heterocycles. The van der Waals surface area contributed by atoms with Crippen molar-refractivity contribution in [3.05, 3.63) is 92.9 Å². The molecule has 1 amide bonds. The maximum atomic E-state index is 13.8. The summed E-state index contributed by atoms with van der Waals surface area (Å²) in [6, 6.07) is 18.1. The monoisotopic (exact) mass is 500 g/mol. The minimum absolute atomic E-state index is 0.0634. The molecule has 182 valence electrons. The lowest BCUT2D eigenvalue weighted by atomic mass is 9.94. The Morgan fingerprint density at radius 1 is 0.972 bits per heavy atom. The van der Waals surface area contributed by atoms with Crippen LogP contribution in [0.3, 0.4) is 0 Å². The van der Waals surface area contributed by atoms with Crippen molar-refractivity contribution in [2.45, 2.75) is 51.2 Å². The standard InChI is InChI=1S/C28H25ClN4O3/c29-20-13-11-18(12-14-20)23-15-25-32(17-24(34)19-7-3-1-4-8-19)26-22(27(35)33(25)30-23)16-31(28(26)36)21-9-5-2-6-10-21/h1,3-4,7-8,11-15,21H,2,5-6,9-10,16-17H2. The summed E-state index contributed by atoms with van der Waals surface area (Å²) in [6.07, 6.45) is 5.21. The summed E-state index contributed by atoms with van der Waals surface area (Å²) in [4.78, 5) is 42.5. The third kappa shape index (κ3) is 3.84. The normalized spacial score (nSPS) is 16.0. The summed E-state index contributed by atoms with van der Waals surface area (Å²) in [6.45, 7) is 0.190. The predicted molar refractivity (Wildman–Crippen MR) is 137 cm³/mol. The van der Waals surface area contributed by atoms with E-state index in [0.29, 0.717) is 33.2 Å². The molecule has 1 fully saturated rings. The second-order valence-corrected chi connectivity index (χ2v) is 9.98. The van der Waals surface area contributed by atoms with Gasteiger partial charge in [-0.25, -0.2) is 0 Å². The van der Waals surface area contributed by atoms with Crippen molar-refractivity contribution >= 4 is 28.9 Å². The van der Waals surface area contributed by atoms with Crippen LogP contribution in [0, 0.1) is 0 Å². The Labute approximate surface area is 212 Å². The molecule has 0 bridgehead atoms. The number of aromatic nitrogens is 3. The van der Waals surface area contributed by atoms with E-state index in [2.05, 4.69) is 5.10 Å². The van der Waals surface area contributed by atoms with E-state index < -0.39 is 0 Å². The molecule has 0 atom stereocenters. The predicted octanol–water partition coefficient (Wildman–Crippen LogP) is 4.99. The molecule has 3 heterocycles. The minimum atomic E-state index is -0.310. The van der Waals surface area contributed by atoms with Gasteiger partial charge in [0.2, 0.25) is 0 Å². The van der Waals surface area contributed by atoms with Gasteiger partial charge in [0.25, 0.3) is 11.5 Å². The molecule has 0 radical (unpaired) electrons. The van der Waals surface area contributed by atoms with Crippen molar-refractivity contribution < 1.29 is 9.59 Å². The smallest absolute Gasteiger partial charge is 0.280 e. The molecule has 0 unspecified atom stereocenters. The molecule has 2 aliphatic rings. The van der Waals surface area contributed by atoms with Crippen LogP contribution in [-0.2, 0) is 13.1 Å². The first-order valence-corrected chi connectivity index (χ1v) is 12.7. The second kappa shape index (κ2) is 9.06. The maximum absolute atomic E-state index is 13.8. The quantitative estimate of drug-likeness (QED) is 0.362. The average Bonchev–Trinajstić information content (AvgIpc) is 3.51. The van der Waals surface area contributed by atoms with Crippen molar-refractivity contribution in [2.24, 2.45) is 0 Å². The minimum Gasteiger partial charge on any atom is -0.330 e. The SMILES string of the molecule is O=C(Cn1c2c(c(=O)n3nc(-c4ccc(Cl)cc4)cc13)CN(C1CCCCC1)C2=O)c1ccccc1. The van der Waals surface area contributed by atoms with Gasteiger partial charge in [-0.15, -0.1) is 0 Å². The van der Waals surface area contributed by atoms with Crippen LogP contribution in [0.2, 0.25) is 5.02 Å². The molecule has 1 aliphatic carbocycles. The van der Waals surface area contributed by atoms with Gasteiger partial charge in [-0.3, -0.25) is 14.4 Å². The first kappa shape index (κ1) is 22.7. The highest BCUT2D eigenvalue weighted by molar-refractivity contribution is 6.30. The summed E-state index contributed by atoms with van der Waals surface area (Å²) < 4.78 is 3.02. The van der Waals surface area contributed by atoms with Crippen LogP contribution in [0.5, 0.6) is 0 Å². The molecule has 4 aromatic rings. The molecule has 8 heteroatoms. The zero-order chi connectivity index (χ0) is 24.8. The topological polar surface area (TPSA) is 76.7 Å². The fraction of sp³-hybridized carbons (Fsp3) is 0.286. The highest BCUT2D eigenvalue weighted by Gasteiger charge is 2.38. The molecule has 1 saturated carbocycles. The van der Waals surface area contributed by atoms with Gasteiger partial charge in [-0.05, 0) is 25.0 Å². The number of amides is 1. The van der Waals surface area contributed by atoms with Gasteiger partial charge in [-0.2, -0.15) is 9.61 Å². The van der Waals surface area contributed by atoms with Gasteiger partial charge in [0.05, 0.1) is 24.3 Å². The third-order valence-electron chi connectivity index (χ3n) is 7.32. The van der Waals surface area contributed by atoms with Crippen LogP contribution >= 0.6 is 11.6 Å². The Balaban J connectivity index is 1.51. The number of nitrogens with zero attached hydrogens (tertiary/aromatic N) is 4. The van der Waals surface area contributed by atoms with Crippen LogP contribution in [0.25, 0.3) is 16.9 Å². The van der Waals surface area contributed by atoms with Gasteiger partial charge < -0.3 is 9.47 Å². The molecule has 6 rings (SSSR count). The van der Waals surface area contributed by atoms with Crippen molar-refractivity contribution in [1.82, 2.24) is 19.1 Å². The average molecular weight is 501 g/mol. The van der Waals surface area contributed by atoms with Gasteiger partial charge in [0.15, 0.2) is 5.78 Å². The zero-order valence-electron chi connectivity index (χ0n) is 19.7. The number of carbonyl (C=O) groups excluding carboxylic acids is 2. The lowest BCUT2D eigenvalue weighted by Gasteiger charge is -2.30. The largest absolute Gasteiger partial charge is 0.330 e. The van der Waals surface area contributed by atoms with Crippen molar-refractivity contribution in [3.8, 4) is 11.3 Å². The van der Waals surface area contributed by atoms with Gasteiger partial charge in [0, 0.05) is 28.3 Å². The van der Waals surface area contributed by atoms with E-state index in [1.807, 2.05) is 35.2 Å². The van der Waals surface area contributed by atoms with E-state index in [1.165, 1.54) is 10.9 Å². The van der Waals surface area contributed by atoms with E-state index in [1.54, 1.807) is 34.9 Å². The Bertz CT molecular complexity index is 1530. The number of rotatable bonds is 5. The number of hydrogen-bond donors (Lipinski definition) is 0. The fourth-order valence-electron chi connectivity index (χ4n) is 5.45. The van der Waals surface area contributed by atoms with E-state index in [4.69, 9.17) is 11.6 Å². The maximum Gasteiger partial charge on any atom is 0.280 e. The molecule has 2 aromatic carbocycles. The zero-order valence-corrected chi connectivity index (χ0v) is 20.4. The number of carbonyl (C=O) groups is 2. The molecule has 1 aliphatic heterocycles. The number of ketones is 1. The first-order valence-electron chi connectivity index (χ1n) is 12.3. The fourth-order valence-corrected chi connectivity index (χ4v) is 5.58. The summed E-state index contributed by atoms with van der Waals surface area (Å²) in [5.74, 6) is -0.312. The highest BCUT2D eigenvalue weighted by Crippen LogP contribution is 2.31. The van der Waals surface area contributed by atoms with Gasteiger partial charge >= 0.3 is 0 Å². The van der Waals surface area contributed by atoms with Crippen molar-refractivity contribution in [3.63, 3.8) is 0 Å². The van der Waals surface area contributed by atoms with Crippen LogP contribution in [0.4, 0.5) is 0 Å². The van der Waals surface area contributed by atoms with Crippen LogP contribution in [-0.4, -0.2) is 36.8 Å². The first-order chi connectivity index (χ1) is 17.5. The second-order valence-electron chi connectivity index (χ2n) is 9.54. The molecule has 36 heavy (non-hydrogen) atoms. The Hall–Kier alpha value is -3.71. The van der Waals surface area contributed by atoms with E-state index >= 15 is 0 Å². The summed E-state index contributed by atoms with van der Waals surface area (Å²) in [5, 5.41) is 5.19. The highest BCUT2D eigenvalue weighted by atomic mass is 35.5. The van der Waals surface area contributed by atoms with Crippen molar-refractivity contribution in [2.75, 3.05) is 0 Å². The van der Waals surface area contributed by atoms with E-state index in [-0.39, 0.29) is 36.4 Å². The lowest BCUT2D eigenvalue weighted by molar-refractivity contribution is 0.0652. The van der Waals surface area contributed by atoms with Gasteiger partial charge in [-0.1, -0.05) is 73.3 Å². The molecular formula is C28H25ClN4O3. The molecule has 0 spiro atoms. The van der Waals surface area contributed by atoms with Crippen molar-refractivity contribution in [1.29, 1.82) is 0 Å². The van der Waals surface area contributed by atoms with E-state index in [0.717, 1.165) is 31.2 Å². The number of benzene rings is 2. The number of fused-ring (bicyclic) bond motifs is 2. The van der Waals surface area contributed by atoms with E-state index in [9.17, 15) is 14.4 Å². The number of halogens is 1. The molecular weight excluding hydrogens is 476 g/mol. The molecule has 2 aromatic heterocycles. The van der Waals surface area contributed by atoms with Crippen LogP contribution < -0.4 is 5.56 Å². The van der Waals surface area contributed by atoms with Crippen LogP contribution in [0.15, 0.2) is 65.5 Å².